The molecule has 0 saturated heterocycles. The van der Waals surface area contributed by atoms with Crippen LogP contribution < -0.4 is 10.2 Å². The zero-order valence-electron chi connectivity index (χ0n) is 15.1. The van der Waals surface area contributed by atoms with Gasteiger partial charge in [0.2, 0.25) is 0 Å². The van der Waals surface area contributed by atoms with Crippen molar-refractivity contribution in [2.75, 3.05) is 0 Å². The molecule has 6 nitrogen and oxygen atoms in total. The highest BCUT2D eigenvalue weighted by Crippen LogP contribution is 2.16. The first-order valence-electron chi connectivity index (χ1n) is 8.53. The minimum absolute atomic E-state index is 0.116. The Bertz CT molecular complexity index is 1030. The van der Waals surface area contributed by atoms with Gasteiger partial charge in [-0.3, -0.25) is 4.79 Å². The van der Waals surface area contributed by atoms with E-state index in [-0.39, 0.29) is 11.3 Å². The molecule has 1 amide bonds. The first-order valence-corrected chi connectivity index (χ1v) is 8.53. The summed E-state index contributed by atoms with van der Waals surface area (Å²) in [7, 11) is 0. The molecule has 140 valence electrons. The molecule has 0 spiro atoms. The monoisotopic (exact) mass is 374 g/mol. The number of phenols is 1. The Balaban J connectivity index is 1.58. The van der Waals surface area contributed by atoms with Gasteiger partial charge in [0, 0.05) is 0 Å². The lowest BCUT2D eigenvalue weighted by Gasteiger charge is -2.05. The van der Waals surface area contributed by atoms with Gasteiger partial charge in [0.1, 0.15) is 11.5 Å². The Morgan fingerprint density at radius 2 is 1.75 bits per heavy atom. The van der Waals surface area contributed by atoms with Crippen molar-refractivity contribution in [3.8, 4) is 11.5 Å². The number of hydrogen-bond donors (Lipinski definition) is 2. The van der Waals surface area contributed by atoms with Crippen molar-refractivity contribution < 1.29 is 19.4 Å². The van der Waals surface area contributed by atoms with Gasteiger partial charge in [-0.1, -0.05) is 29.8 Å². The molecule has 0 aliphatic carbocycles. The summed E-state index contributed by atoms with van der Waals surface area (Å²) in [5.41, 5.74) is 4.65. The van der Waals surface area contributed by atoms with Crippen LogP contribution in [0, 0.1) is 6.92 Å². The van der Waals surface area contributed by atoms with Gasteiger partial charge < -0.3 is 9.84 Å². The Morgan fingerprint density at radius 1 is 1.00 bits per heavy atom. The third-order valence-corrected chi connectivity index (χ3v) is 3.87. The molecule has 0 radical (unpaired) electrons. The maximum absolute atomic E-state index is 12.1. The maximum atomic E-state index is 12.1. The van der Waals surface area contributed by atoms with Crippen molar-refractivity contribution in [1.82, 2.24) is 5.43 Å². The molecule has 0 unspecified atom stereocenters. The van der Waals surface area contributed by atoms with Crippen LogP contribution in [0.1, 0.15) is 31.8 Å². The molecule has 3 rings (SSSR count). The second kappa shape index (κ2) is 8.64. The van der Waals surface area contributed by atoms with E-state index in [1.165, 1.54) is 18.3 Å². The molecular formula is C22H18N2O4. The number of aromatic hydroxyl groups is 1. The maximum Gasteiger partial charge on any atom is 0.343 e. The van der Waals surface area contributed by atoms with E-state index in [2.05, 4.69) is 10.5 Å². The van der Waals surface area contributed by atoms with Crippen LogP contribution in [0.15, 0.2) is 77.9 Å². The Hall–Kier alpha value is -3.93. The van der Waals surface area contributed by atoms with Crippen molar-refractivity contribution in [3.05, 3.63) is 95.1 Å². The van der Waals surface area contributed by atoms with Gasteiger partial charge in [-0.05, 0) is 61.0 Å². The molecule has 0 aliphatic rings. The highest BCUT2D eigenvalue weighted by atomic mass is 16.5. The number of phenolic OH excluding ortho intramolecular Hbond substituents is 1. The fraction of sp³-hybridized carbons (Fsp3) is 0.0455. The fourth-order valence-corrected chi connectivity index (χ4v) is 2.45. The number of rotatable bonds is 5. The van der Waals surface area contributed by atoms with Crippen LogP contribution in [-0.2, 0) is 0 Å². The van der Waals surface area contributed by atoms with Crippen molar-refractivity contribution in [3.63, 3.8) is 0 Å². The number of hydrazone groups is 1. The quantitative estimate of drug-likeness (QED) is 0.309. The number of carbonyl (C=O) groups is 2. The number of hydrogen-bond acceptors (Lipinski definition) is 5. The standard InChI is InChI=1S/C22H18N2O4/c1-15-5-4-6-17(13-15)22(27)28-18-11-9-16(10-12-18)14-23-24-21(26)19-7-2-3-8-20(19)25/h2-14,25H,1H3,(H,24,26)/b23-14+. The van der Waals surface area contributed by atoms with E-state index in [1.807, 2.05) is 13.0 Å². The molecule has 3 aromatic rings. The number of nitrogens with zero attached hydrogens (tertiary/aromatic N) is 1. The van der Waals surface area contributed by atoms with Gasteiger partial charge >= 0.3 is 5.97 Å². The van der Waals surface area contributed by atoms with Gasteiger partial charge in [0.15, 0.2) is 0 Å². The predicted molar refractivity (Wildman–Crippen MR) is 106 cm³/mol. The molecule has 0 heterocycles. The van der Waals surface area contributed by atoms with Crippen LogP contribution >= 0.6 is 0 Å². The number of aryl methyl sites for hydroxylation is 1. The summed E-state index contributed by atoms with van der Waals surface area (Å²) in [6.45, 7) is 1.91. The van der Waals surface area contributed by atoms with Crippen LogP contribution in [0.5, 0.6) is 11.5 Å². The minimum Gasteiger partial charge on any atom is -0.507 e. The molecule has 2 N–H and O–H groups in total. The van der Waals surface area contributed by atoms with E-state index in [4.69, 9.17) is 4.74 Å². The molecule has 0 atom stereocenters. The summed E-state index contributed by atoms with van der Waals surface area (Å²) >= 11 is 0. The number of esters is 1. The third-order valence-electron chi connectivity index (χ3n) is 3.87. The van der Waals surface area contributed by atoms with E-state index in [9.17, 15) is 14.7 Å². The average Bonchev–Trinajstić information content (AvgIpc) is 2.69. The lowest BCUT2D eigenvalue weighted by Crippen LogP contribution is -2.17. The van der Waals surface area contributed by atoms with E-state index in [1.54, 1.807) is 54.6 Å². The minimum atomic E-state index is -0.516. The summed E-state index contributed by atoms with van der Waals surface area (Å²) in [6.07, 6.45) is 1.45. The van der Waals surface area contributed by atoms with Crippen LogP contribution in [0.25, 0.3) is 0 Å². The fourth-order valence-electron chi connectivity index (χ4n) is 2.45. The Kier molecular flexibility index (Phi) is 5.81. The smallest absolute Gasteiger partial charge is 0.343 e. The average molecular weight is 374 g/mol. The molecular weight excluding hydrogens is 356 g/mol. The van der Waals surface area contributed by atoms with Crippen LogP contribution in [-0.4, -0.2) is 23.2 Å². The molecule has 0 saturated carbocycles. The molecule has 0 fully saturated rings. The van der Waals surface area contributed by atoms with Crippen LogP contribution in [0.4, 0.5) is 0 Å². The Labute approximate surface area is 162 Å². The van der Waals surface area contributed by atoms with Gasteiger partial charge in [-0.15, -0.1) is 0 Å². The lowest BCUT2D eigenvalue weighted by atomic mass is 10.1. The molecule has 0 bridgehead atoms. The third kappa shape index (κ3) is 4.82. The van der Waals surface area contributed by atoms with Gasteiger partial charge in [-0.25, -0.2) is 10.2 Å². The van der Waals surface area contributed by atoms with Crippen molar-refractivity contribution in [2.24, 2.45) is 5.10 Å². The van der Waals surface area contributed by atoms with Gasteiger partial charge in [0.25, 0.3) is 5.91 Å². The number of carbonyl (C=O) groups excluding carboxylic acids is 2. The number of para-hydroxylation sites is 1. The van der Waals surface area contributed by atoms with E-state index in [0.29, 0.717) is 16.9 Å². The van der Waals surface area contributed by atoms with Crippen molar-refractivity contribution in [2.45, 2.75) is 6.92 Å². The summed E-state index contributed by atoms with van der Waals surface area (Å²) < 4.78 is 5.34. The van der Waals surface area contributed by atoms with Crippen LogP contribution in [0.2, 0.25) is 0 Å². The molecule has 6 heteroatoms. The first-order chi connectivity index (χ1) is 13.5. The largest absolute Gasteiger partial charge is 0.507 e. The molecule has 3 aromatic carbocycles. The van der Waals surface area contributed by atoms with Crippen molar-refractivity contribution >= 4 is 18.1 Å². The first kappa shape index (κ1) is 18.8. The molecule has 0 aliphatic heterocycles. The predicted octanol–water partition coefficient (Wildman–Crippen LogP) is 3.68. The Morgan fingerprint density at radius 3 is 2.46 bits per heavy atom. The number of benzene rings is 3. The molecule has 28 heavy (non-hydrogen) atoms. The lowest BCUT2D eigenvalue weighted by molar-refractivity contribution is 0.0734. The highest BCUT2D eigenvalue weighted by Gasteiger charge is 2.09. The van der Waals surface area contributed by atoms with Gasteiger partial charge in [0.05, 0.1) is 17.3 Å². The van der Waals surface area contributed by atoms with E-state index >= 15 is 0 Å². The van der Waals surface area contributed by atoms with Gasteiger partial charge in [-0.2, -0.15) is 5.10 Å². The summed E-state index contributed by atoms with van der Waals surface area (Å²) in [5.74, 6) is -0.657. The zero-order chi connectivity index (χ0) is 19.9. The normalized spacial score (nSPS) is 10.6. The number of nitrogens with one attached hydrogen (secondary N) is 1. The zero-order valence-corrected chi connectivity index (χ0v) is 15.1. The van der Waals surface area contributed by atoms with E-state index < -0.39 is 11.9 Å². The number of amides is 1. The second-order valence-electron chi connectivity index (χ2n) is 6.04. The summed E-state index contributed by atoms with van der Waals surface area (Å²) in [6, 6.07) is 20.0. The topological polar surface area (TPSA) is 88.0 Å². The summed E-state index contributed by atoms with van der Waals surface area (Å²) in [5, 5.41) is 13.5. The number of ether oxygens (including phenoxy) is 1. The van der Waals surface area contributed by atoms with Crippen LogP contribution in [0.3, 0.4) is 0 Å². The summed E-state index contributed by atoms with van der Waals surface area (Å²) in [4.78, 5) is 24.1. The van der Waals surface area contributed by atoms with Crippen molar-refractivity contribution in [1.29, 1.82) is 0 Å². The highest BCUT2D eigenvalue weighted by molar-refractivity contribution is 5.97. The molecule has 0 aromatic heterocycles. The second-order valence-corrected chi connectivity index (χ2v) is 6.04. The SMILES string of the molecule is Cc1cccc(C(=O)Oc2ccc(/C=N/NC(=O)c3ccccc3O)cc2)c1. The van der Waals surface area contributed by atoms with E-state index in [0.717, 1.165) is 5.56 Å².